The summed E-state index contributed by atoms with van der Waals surface area (Å²) in [6.45, 7) is 2.89. The quantitative estimate of drug-likeness (QED) is 0.552. The van der Waals surface area contributed by atoms with Crippen LogP contribution < -0.4 is 4.90 Å². The summed E-state index contributed by atoms with van der Waals surface area (Å²) in [7, 11) is 1.02. The van der Waals surface area contributed by atoms with Crippen LogP contribution in [0.15, 0.2) is 59.8 Å². The molecule has 2 aromatic carbocycles. The van der Waals surface area contributed by atoms with Crippen molar-refractivity contribution in [3.05, 3.63) is 76.5 Å². The zero-order chi connectivity index (χ0) is 25.9. The second-order valence-electron chi connectivity index (χ2n) is 7.36. The zero-order valence-electron chi connectivity index (χ0n) is 18.9. The molecule has 11 heteroatoms. The van der Waals surface area contributed by atoms with E-state index in [4.69, 9.17) is 14.7 Å². The predicted molar refractivity (Wildman–Crippen MR) is 117 cm³/mol. The number of benzene rings is 2. The average Bonchev–Trinajstić information content (AvgIpc) is 2.83. The Bertz CT molecular complexity index is 1230. The molecular weight excluding hydrogens is 467 g/mol. The largest absolute Gasteiger partial charge is 0.463 e. The first-order chi connectivity index (χ1) is 16.5. The number of anilines is 1. The molecule has 1 aliphatic heterocycles. The van der Waals surface area contributed by atoms with Gasteiger partial charge in [-0.25, -0.2) is 19.3 Å². The van der Waals surface area contributed by atoms with Gasteiger partial charge < -0.3 is 9.47 Å². The third-order valence-electron chi connectivity index (χ3n) is 5.31. The molecule has 1 atom stereocenters. The monoisotopic (exact) mass is 487 g/mol. The number of imide groups is 1. The van der Waals surface area contributed by atoms with E-state index in [1.54, 1.807) is 6.92 Å². The highest BCUT2D eigenvalue weighted by atomic mass is 19.4. The van der Waals surface area contributed by atoms with Crippen molar-refractivity contribution in [2.75, 3.05) is 18.6 Å². The third kappa shape index (κ3) is 4.82. The summed E-state index contributed by atoms with van der Waals surface area (Å²) in [4.78, 5) is 40.8. The van der Waals surface area contributed by atoms with Gasteiger partial charge in [-0.1, -0.05) is 18.2 Å². The molecule has 8 nitrogen and oxygen atoms in total. The van der Waals surface area contributed by atoms with Crippen LogP contribution in [0, 0.1) is 11.3 Å². The number of ether oxygens (including phenoxy) is 2. The molecule has 0 saturated heterocycles. The fourth-order valence-electron chi connectivity index (χ4n) is 3.74. The molecule has 1 aliphatic rings. The highest BCUT2D eigenvalue weighted by molar-refractivity contribution is 6.08. The summed E-state index contributed by atoms with van der Waals surface area (Å²) in [6, 6.07) is 9.31. The number of methoxy groups -OCH3 is 1. The molecule has 1 unspecified atom stereocenters. The van der Waals surface area contributed by atoms with Crippen molar-refractivity contribution in [1.82, 2.24) is 4.90 Å². The second-order valence-corrected chi connectivity index (χ2v) is 7.36. The van der Waals surface area contributed by atoms with E-state index >= 15 is 0 Å². The van der Waals surface area contributed by atoms with E-state index < -0.39 is 35.9 Å². The number of rotatable bonds is 4. The van der Waals surface area contributed by atoms with Crippen molar-refractivity contribution in [3.63, 3.8) is 0 Å². The fraction of sp³-hybridized carbons (Fsp3) is 0.250. The lowest BCUT2D eigenvalue weighted by atomic mass is 9.92. The maximum absolute atomic E-state index is 13.6. The molecule has 182 valence electrons. The minimum absolute atomic E-state index is 0.0257. The van der Waals surface area contributed by atoms with Gasteiger partial charge in [0.1, 0.15) is 6.04 Å². The number of nitriles is 1. The van der Waals surface area contributed by atoms with Gasteiger partial charge in [-0.3, -0.25) is 4.90 Å². The normalized spacial score (nSPS) is 16.1. The van der Waals surface area contributed by atoms with E-state index in [1.165, 1.54) is 37.3 Å². The van der Waals surface area contributed by atoms with Crippen molar-refractivity contribution in [2.45, 2.75) is 26.1 Å². The zero-order valence-corrected chi connectivity index (χ0v) is 18.9. The van der Waals surface area contributed by atoms with E-state index in [1.807, 2.05) is 6.07 Å². The Labute approximate surface area is 198 Å². The lowest BCUT2D eigenvalue weighted by molar-refractivity contribution is -0.139. The van der Waals surface area contributed by atoms with Crippen LogP contribution in [0.4, 0.5) is 28.4 Å². The average molecular weight is 487 g/mol. The van der Waals surface area contributed by atoms with Gasteiger partial charge in [0.05, 0.1) is 42.2 Å². The highest BCUT2D eigenvalue weighted by Crippen LogP contribution is 2.41. The maximum atomic E-state index is 13.6. The molecule has 0 radical (unpaired) electrons. The summed E-state index contributed by atoms with van der Waals surface area (Å²) in [6.07, 6.45) is -5.83. The minimum atomic E-state index is -4.69. The van der Waals surface area contributed by atoms with Gasteiger partial charge >= 0.3 is 24.3 Å². The Morgan fingerprint density at radius 2 is 1.80 bits per heavy atom. The molecule has 0 fully saturated rings. The lowest BCUT2D eigenvalue weighted by Gasteiger charge is -2.40. The standard InChI is InChI=1S/C24H20F3N3O5/c1-4-35-21(31)19-14(2)29(18-7-5-6-17(12-18)24(25,26)27)22(32)30(23(33)34-3)20(19)16-10-8-15(13-28)9-11-16/h5-12,20H,4H2,1-3H3. The number of urea groups is 1. The molecule has 0 aromatic heterocycles. The van der Waals surface area contributed by atoms with Gasteiger partial charge in [0, 0.05) is 5.70 Å². The minimum Gasteiger partial charge on any atom is -0.463 e. The molecule has 0 N–H and O–H groups in total. The van der Waals surface area contributed by atoms with Crippen molar-refractivity contribution in [1.29, 1.82) is 5.26 Å². The number of hydrogen-bond acceptors (Lipinski definition) is 6. The number of nitrogens with zero attached hydrogens (tertiary/aromatic N) is 3. The molecule has 0 saturated carbocycles. The van der Waals surface area contributed by atoms with Crippen molar-refractivity contribution in [3.8, 4) is 6.07 Å². The SMILES string of the molecule is CCOC(=O)C1=C(C)N(c2cccc(C(F)(F)F)c2)C(=O)N(C(=O)OC)C1c1ccc(C#N)cc1. The number of hydrogen-bond donors (Lipinski definition) is 0. The summed E-state index contributed by atoms with van der Waals surface area (Å²) in [5.74, 6) is -0.877. The fourth-order valence-corrected chi connectivity index (χ4v) is 3.74. The lowest BCUT2D eigenvalue weighted by Crippen LogP contribution is -2.53. The highest BCUT2D eigenvalue weighted by Gasteiger charge is 2.47. The van der Waals surface area contributed by atoms with Gasteiger partial charge in [0.25, 0.3) is 0 Å². The van der Waals surface area contributed by atoms with Crippen molar-refractivity contribution >= 4 is 23.8 Å². The second kappa shape index (κ2) is 9.89. The summed E-state index contributed by atoms with van der Waals surface area (Å²) in [5, 5.41) is 9.09. The number of amides is 3. The Kier molecular flexibility index (Phi) is 7.14. The van der Waals surface area contributed by atoms with E-state index in [9.17, 15) is 27.6 Å². The molecule has 3 amide bonds. The van der Waals surface area contributed by atoms with E-state index in [0.29, 0.717) is 10.5 Å². The summed E-state index contributed by atoms with van der Waals surface area (Å²) in [5.41, 5.74) is -0.831. The molecule has 1 heterocycles. The first kappa shape index (κ1) is 25.3. The number of alkyl halides is 3. The molecule has 0 spiro atoms. The number of carbonyl (C=O) groups excluding carboxylic acids is 3. The van der Waals surface area contributed by atoms with Crippen LogP contribution in [-0.4, -0.2) is 36.7 Å². The smallest absolute Gasteiger partial charge is 0.418 e. The van der Waals surface area contributed by atoms with Gasteiger partial charge in [0.2, 0.25) is 0 Å². The van der Waals surface area contributed by atoms with E-state index in [-0.39, 0.29) is 29.1 Å². The van der Waals surface area contributed by atoms with Crippen LogP contribution in [0.3, 0.4) is 0 Å². The summed E-state index contributed by atoms with van der Waals surface area (Å²) < 4.78 is 50.0. The summed E-state index contributed by atoms with van der Waals surface area (Å²) >= 11 is 0. The van der Waals surface area contributed by atoms with Crippen LogP contribution in [0.2, 0.25) is 0 Å². The maximum Gasteiger partial charge on any atom is 0.418 e. The first-order valence-electron chi connectivity index (χ1n) is 10.3. The molecular formula is C24H20F3N3O5. The third-order valence-corrected chi connectivity index (χ3v) is 5.31. The van der Waals surface area contributed by atoms with Crippen molar-refractivity contribution < 1.29 is 37.0 Å². The van der Waals surface area contributed by atoms with Gasteiger partial charge in [-0.15, -0.1) is 0 Å². The van der Waals surface area contributed by atoms with Crippen LogP contribution in [-0.2, 0) is 20.4 Å². The molecule has 35 heavy (non-hydrogen) atoms. The van der Waals surface area contributed by atoms with Crippen LogP contribution >= 0.6 is 0 Å². The number of halogens is 3. The van der Waals surface area contributed by atoms with E-state index in [0.717, 1.165) is 30.2 Å². The van der Waals surface area contributed by atoms with Crippen molar-refractivity contribution in [2.24, 2.45) is 0 Å². The predicted octanol–water partition coefficient (Wildman–Crippen LogP) is 5.16. The van der Waals surface area contributed by atoms with Crippen LogP contribution in [0.5, 0.6) is 0 Å². The molecule has 0 aliphatic carbocycles. The van der Waals surface area contributed by atoms with Gasteiger partial charge in [-0.2, -0.15) is 18.4 Å². The van der Waals surface area contributed by atoms with Crippen LogP contribution in [0.1, 0.15) is 36.6 Å². The number of carbonyl (C=O) groups is 3. The Morgan fingerprint density at radius 1 is 1.14 bits per heavy atom. The Hall–Kier alpha value is -4.33. The number of esters is 1. The molecule has 0 bridgehead atoms. The van der Waals surface area contributed by atoms with Gasteiger partial charge in [0.15, 0.2) is 0 Å². The molecule has 3 rings (SSSR count). The van der Waals surface area contributed by atoms with Crippen LogP contribution in [0.25, 0.3) is 0 Å². The Balaban J connectivity index is 2.31. The van der Waals surface area contributed by atoms with E-state index in [2.05, 4.69) is 0 Å². The first-order valence-corrected chi connectivity index (χ1v) is 10.3. The molecule has 2 aromatic rings. The van der Waals surface area contributed by atoms with Gasteiger partial charge in [-0.05, 0) is 49.7 Å². The Morgan fingerprint density at radius 3 is 2.34 bits per heavy atom. The number of allylic oxidation sites excluding steroid dienone is 1. The topological polar surface area (TPSA) is 99.9 Å².